The van der Waals surface area contributed by atoms with Gasteiger partial charge in [-0.2, -0.15) is 13.2 Å². The number of carbonyl (C=O) groups is 1. The van der Waals surface area contributed by atoms with E-state index >= 15 is 0 Å². The summed E-state index contributed by atoms with van der Waals surface area (Å²) in [6.45, 7) is 1.49. The van der Waals surface area contributed by atoms with Gasteiger partial charge < -0.3 is 15.1 Å². The Kier molecular flexibility index (Phi) is 4.42. The molecular formula is C21H18F4N2O2. The van der Waals surface area contributed by atoms with Crippen LogP contribution in [0.15, 0.2) is 46.9 Å². The summed E-state index contributed by atoms with van der Waals surface area (Å²) in [4.78, 5) is 13.7. The van der Waals surface area contributed by atoms with Crippen molar-refractivity contribution in [2.24, 2.45) is 5.73 Å². The van der Waals surface area contributed by atoms with Crippen molar-refractivity contribution in [2.45, 2.75) is 25.3 Å². The van der Waals surface area contributed by atoms with Gasteiger partial charge in [-0.05, 0) is 48.4 Å². The van der Waals surface area contributed by atoms with Gasteiger partial charge >= 0.3 is 6.18 Å². The zero-order chi connectivity index (χ0) is 21.0. The minimum atomic E-state index is -4.59. The third kappa shape index (κ3) is 3.60. The molecule has 0 aliphatic carbocycles. The number of nitrogens with zero attached hydrogens (tertiary/aromatic N) is 1. The van der Waals surface area contributed by atoms with Crippen LogP contribution in [0.2, 0.25) is 0 Å². The first-order valence-electron chi connectivity index (χ1n) is 9.00. The zero-order valence-corrected chi connectivity index (χ0v) is 15.5. The number of furan rings is 1. The number of benzene rings is 2. The lowest BCUT2D eigenvalue weighted by Crippen LogP contribution is -2.59. The summed E-state index contributed by atoms with van der Waals surface area (Å²) in [5.74, 6) is -0.0430. The van der Waals surface area contributed by atoms with Crippen molar-refractivity contribution in [2.75, 3.05) is 13.1 Å². The number of likely N-dealkylation sites (tertiary alicyclic amines) is 1. The largest absolute Gasteiger partial charge is 0.459 e. The molecule has 1 amide bonds. The Labute approximate surface area is 163 Å². The molecule has 0 bridgehead atoms. The number of carbonyl (C=O) groups excluding carboxylic acids is 1. The van der Waals surface area contributed by atoms with Gasteiger partial charge in [-0.25, -0.2) is 4.39 Å². The predicted molar refractivity (Wildman–Crippen MR) is 100.0 cm³/mol. The highest BCUT2D eigenvalue weighted by atomic mass is 19.4. The van der Waals surface area contributed by atoms with Gasteiger partial charge in [0.2, 0.25) is 0 Å². The van der Waals surface area contributed by atoms with E-state index in [-0.39, 0.29) is 36.9 Å². The molecule has 4 rings (SSSR count). The molecule has 0 saturated carbocycles. The lowest BCUT2D eigenvalue weighted by atomic mass is 9.96. The molecule has 1 saturated heterocycles. The van der Waals surface area contributed by atoms with Crippen molar-refractivity contribution in [3.8, 4) is 11.1 Å². The van der Waals surface area contributed by atoms with Gasteiger partial charge in [0.1, 0.15) is 17.0 Å². The highest BCUT2D eigenvalue weighted by Gasteiger charge is 2.41. The van der Waals surface area contributed by atoms with Crippen molar-refractivity contribution in [1.29, 1.82) is 0 Å². The fraction of sp³-hybridized carbons (Fsp3) is 0.286. The molecule has 0 radical (unpaired) electrons. The van der Waals surface area contributed by atoms with Crippen LogP contribution < -0.4 is 5.73 Å². The van der Waals surface area contributed by atoms with E-state index in [4.69, 9.17) is 10.2 Å². The summed E-state index contributed by atoms with van der Waals surface area (Å²) in [6.07, 6.45) is -4.59. The Hall–Kier alpha value is -2.87. The molecule has 4 nitrogen and oxygen atoms in total. The molecule has 2 aromatic carbocycles. The standard InChI is InChI=1S/C21H18F4N2O2/c1-20(22)10-27(11-20)19(28)13-4-2-12(3-5-13)14-6-15-7-16(9-26)29-18(15)17(8-14)21(23,24)25/h2-8H,9-11,26H2,1H3. The van der Waals surface area contributed by atoms with Crippen LogP contribution in [-0.4, -0.2) is 29.6 Å². The number of amides is 1. The van der Waals surface area contributed by atoms with Crippen molar-refractivity contribution < 1.29 is 26.8 Å². The first-order chi connectivity index (χ1) is 13.6. The molecule has 1 aromatic heterocycles. The van der Waals surface area contributed by atoms with E-state index in [1.807, 2.05) is 0 Å². The van der Waals surface area contributed by atoms with Crippen LogP contribution in [0.4, 0.5) is 17.6 Å². The molecule has 0 spiro atoms. The minimum Gasteiger partial charge on any atom is -0.459 e. The van der Waals surface area contributed by atoms with Crippen LogP contribution in [0.5, 0.6) is 0 Å². The van der Waals surface area contributed by atoms with E-state index in [1.54, 1.807) is 18.2 Å². The second-order valence-electron chi connectivity index (χ2n) is 7.51. The maximum atomic E-state index is 13.6. The number of fused-ring (bicyclic) bond motifs is 1. The number of hydrogen-bond acceptors (Lipinski definition) is 3. The maximum absolute atomic E-state index is 13.6. The van der Waals surface area contributed by atoms with E-state index < -0.39 is 17.4 Å². The van der Waals surface area contributed by atoms with Crippen molar-refractivity contribution >= 4 is 16.9 Å². The molecule has 29 heavy (non-hydrogen) atoms. The quantitative estimate of drug-likeness (QED) is 0.638. The molecule has 152 valence electrons. The summed E-state index contributed by atoms with van der Waals surface area (Å²) in [5, 5.41) is 0.304. The topological polar surface area (TPSA) is 59.5 Å². The van der Waals surface area contributed by atoms with Crippen molar-refractivity contribution in [1.82, 2.24) is 4.90 Å². The fourth-order valence-electron chi connectivity index (χ4n) is 3.57. The molecule has 1 aliphatic heterocycles. The van der Waals surface area contributed by atoms with Crippen LogP contribution in [0.3, 0.4) is 0 Å². The number of alkyl halides is 4. The van der Waals surface area contributed by atoms with Crippen LogP contribution >= 0.6 is 0 Å². The van der Waals surface area contributed by atoms with E-state index in [1.165, 1.54) is 30.0 Å². The second-order valence-corrected chi connectivity index (χ2v) is 7.51. The smallest absolute Gasteiger partial charge is 0.420 e. The zero-order valence-electron chi connectivity index (χ0n) is 15.5. The molecule has 0 atom stereocenters. The molecule has 2 N–H and O–H groups in total. The predicted octanol–water partition coefficient (Wildman–Crippen LogP) is 4.76. The number of hydrogen-bond donors (Lipinski definition) is 1. The lowest BCUT2D eigenvalue weighted by molar-refractivity contribution is -0.136. The van der Waals surface area contributed by atoms with E-state index in [2.05, 4.69) is 0 Å². The fourth-order valence-corrected chi connectivity index (χ4v) is 3.57. The van der Waals surface area contributed by atoms with Crippen LogP contribution in [0.25, 0.3) is 22.1 Å². The summed E-state index contributed by atoms with van der Waals surface area (Å²) in [6, 6.07) is 10.3. The summed E-state index contributed by atoms with van der Waals surface area (Å²) in [5.41, 5.74) is 4.20. The summed E-state index contributed by atoms with van der Waals surface area (Å²) in [7, 11) is 0. The average molecular weight is 406 g/mol. The second kappa shape index (κ2) is 6.59. The van der Waals surface area contributed by atoms with E-state index in [0.717, 1.165) is 6.07 Å². The minimum absolute atomic E-state index is 0.00740. The van der Waals surface area contributed by atoms with Gasteiger partial charge in [-0.15, -0.1) is 0 Å². The van der Waals surface area contributed by atoms with Gasteiger partial charge in [0, 0.05) is 10.9 Å². The van der Waals surface area contributed by atoms with Crippen LogP contribution in [0.1, 0.15) is 28.6 Å². The Morgan fingerprint density at radius 1 is 1.14 bits per heavy atom. The monoisotopic (exact) mass is 406 g/mol. The van der Waals surface area contributed by atoms with E-state index in [9.17, 15) is 22.4 Å². The van der Waals surface area contributed by atoms with Crippen LogP contribution in [-0.2, 0) is 12.7 Å². The molecule has 3 aromatic rings. The average Bonchev–Trinajstić information content (AvgIpc) is 3.07. The Morgan fingerprint density at radius 3 is 2.34 bits per heavy atom. The summed E-state index contributed by atoms with van der Waals surface area (Å²) >= 11 is 0. The Morgan fingerprint density at radius 2 is 1.79 bits per heavy atom. The molecule has 0 unspecified atom stereocenters. The maximum Gasteiger partial charge on any atom is 0.420 e. The summed E-state index contributed by atoms with van der Waals surface area (Å²) < 4.78 is 59.4. The van der Waals surface area contributed by atoms with Crippen molar-refractivity contribution in [3.05, 3.63) is 59.4 Å². The van der Waals surface area contributed by atoms with Gasteiger partial charge in [0.15, 0.2) is 0 Å². The molecule has 1 fully saturated rings. The lowest BCUT2D eigenvalue weighted by Gasteiger charge is -2.42. The highest BCUT2D eigenvalue weighted by Crippen LogP contribution is 2.39. The Balaban J connectivity index is 1.68. The van der Waals surface area contributed by atoms with Gasteiger partial charge in [-0.1, -0.05) is 12.1 Å². The normalized spacial score (nSPS) is 16.1. The number of halogens is 4. The van der Waals surface area contributed by atoms with Crippen molar-refractivity contribution in [3.63, 3.8) is 0 Å². The SMILES string of the molecule is CC1(F)CN(C(=O)c2ccc(-c3cc(C(F)(F)F)c4oc(CN)cc4c3)cc2)C1. The molecule has 8 heteroatoms. The van der Waals surface area contributed by atoms with Gasteiger partial charge in [0.25, 0.3) is 5.91 Å². The number of rotatable bonds is 3. The molecule has 1 aliphatic rings. The Bertz CT molecular complexity index is 1080. The highest BCUT2D eigenvalue weighted by molar-refractivity contribution is 5.95. The number of nitrogens with two attached hydrogens (primary N) is 1. The first-order valence-corrected chi connectivity index (χ1v) is 9.00. The molecular weight excluding hydrogens is 388 g/mol. The molecule has 2 heterocycles. The third-order valence-electron chi connectivity index (χ3n) is 4.97. The van der Waals surface area contributed by atoms with Gasteiger partial charge in [0.05, 0.1) is 25.2 Å². The first kappa shape index (κ1) is 19.4. The van der Waals surface area contributed by atoms with Gasteiger partial charge in [-0.3, -0.25) is 4.79 Å². The van der Waals surface area contributed by atoms with E-state index in [0.29, 0.717) is 22.1 Å². The third-order valence-corrected chi connectivity index (χ3v) is 4.97. The van der Waals surface area contributed by atoms with Crippen LogP contribution in [0, 0.1) is 0 Å².